The SMILES string of the molecule is CC(NC1CCCC1(C)CO)c1nc2cc(Cl)ccc2n1C. The molecule has 0 amide bonds. The number of aliphatic hydroxyl groups excluding tert-OH is 1. The Morgan fingerprint density at radius 3 is 3.05 bits per heavy atom. The van der Waals surface area contributed by atoms with E-state index in [1.807, 2.05) is 25.2 Å². The maximum Gasteiger partial charge on any atom is 0.126 e. The Morgan fingerprint density at radius 1 is 1.55 bits per heavy atom. The number of nitrogens with zero attached hydrogens (tertiary/aromatic N) is 2. The molecule has 1 heterocycles. The zero-order chi connectivity index (χ0) is 15.9. The Bertz CT molecular complexity index is 684. The number of benzene rings is 1. The van der Waals surface area contributed by atoms with Gasteiger partial charge in [-0.25, -0.2) is 4.98 Å². The average Bonchev–Trinajstić information content (AvgIpc) is 3.01. The quantitative estimate of drug-likeness (QED) is 0.907. The molecule has 4 nitrogen and oxygen atoms in total. The highest BCUT2D eigenvalue weighted by Gasteiger charge is 2.39. The maximum absolute atomic E-state index is 9.70. The average molecular weight is 322 g/mol. The van der Waals surface area contributed by atoms with Crippen molar-refractivity contribution in [2.75, 3.05) is 6.61 Å². The smallest absolute Gasteiger partial charge is 0.126 e. The third-order valence-electron chi connectivity index (χ3n) is 5.16. The first-order chi connectivity index (χ1) is 10.4. The van der Waals surface area contributed by atoms with Crippen molar-refractivity contribution in [3.05, 3.63) is 29.0 Å². The van der Waals surface area contributed by atoms with Gasteiger partial charge in [0.2, 0.25) is 0 Å². The highest BCUT2D eigenvalue weighted by molar-refractivity contribution is 6.31. The van der Waals surface area contributed by atoms with Crippen LogP contribution in [0.15, 0.2) is 18.2 Å². The standard InChI is InChI=1S/C17H24ClN3O/c1-11(19-15-5-4-8-17(15,2)10-22)16-20-13-9-12(18)6-7-14(13)21(16)3/h6-7,9,11,15,19,22H,4-5,8,10H2,1-3H3. The van der Waals surface area contributed by atoms with E-state index in [0.717, 1.165) is 29.7 Å². The molecule has 1 saturated carbocycles. The number of aliphatic hydroxyl groups is 1. The second-order valence-corrected chi connectivity index (χ2v) is 7.24. The number of rotatable bonds is 4. The van der Waals surface area contributed by atoms with Crippen molar-refractivity contribution < 1.29 is 5.11 Å². The van der Waals surface area contributed by atoms with Crippen molar-refractivity contribution in [1.29, 1.82) is 0 Å². The highest BCUT2D eigenvalue weighted by atomic mass is 35.5. The predicted molar refractivity (Wildman–Crippen MR) is 90.1 cm³/mol. The molecule has 0 bridgehead atoms. The number of imidazole rings is 1. The van der Waals surface area contributed by atoms with E-state index in [9.17, 15) is 5.11 Å². The monoisotopic (exact) mass is 321 g/mol. The molecule has 1 aliphatic carbocycles. The first-order valence-electron chi connectivity index (χ1n) is 7.93. The molecule has 22 heavy (non-hydrogen) atoms. The van der Waals surface area contributed by atoms with Crippen LogP contribution in [0.25, 0.3) is 11.0 Å². The van der Waals surface area contributed by atoms with Crippen LogP contribution in [0, 0.1) is 5.41 Å². The molecule has 3 atom stereocenters. The Morgan fingerprint density at radius 2 is 2.32 bits per heavy atom. The summed E-state index contributed by atoms with van der Waals surface area (Å²) in [6, 6.07) is 6.27. The van der Waals surface area contributed by atoms with Gasteiger partial charge in [0.15, 0.2) is 0 Å². The van der Waals surface area contributed by atoms with Crippen LogP contribution in [0.1, 0.15) is 45.0 Å². The van der Waals surface area contributed by atoms with E-state index in [1.54, 1.807) is 0 Å². The van der Waals surface area contributed by atoms with E-state index < -0.39 is 0 Å². The van der Waals surface area contributed by atoms with E-state index in [1.165, 1.54) is 6.42 Å². The largest absolute Gasteiger partial charge is 0.396 e. The van der Waals surface area contributed by atoms with Crippen molar-refractivity contribution in [2.24, 2.45) is 12.5 Å². The molecule has 2 aromatic rings. The lowest BCUT2D eigenvalue weighted by Gasteiger charge is -2.32. The molecule has 3 unspecified atom stereocenters. The molecule has 5 heteroatoms. The zero-order valence-corrected chi connectivity index (χ0v) is 14.2. The van der Waals surface area contributed by atoms with Crippen LogP contribution in [0.2, 0.25) is 5.02 Å². The van der Waals surface area contributed by atoms with Gasteiger partial charge in [-0.3, -0.25) is 0 Å². The fraction of sp³-hybridized carbons (Fsp3) is 0.588. The highest BCUT2D eigenvalue weighted by Crippen LogP contribution is 2.38. The maximum atomic E-state index is 9.70. The molecule has 0 aliphatic heterocycles. The van der Waals surface area contributed by atoms with Gasteiger partial charge in [-0.15, -0.1) is 0 Å². The molecule has 0 spiro atoms. The molecule has 1 aromatic heterocycles. The van der Waals surface area contributed by atoms with E-state index >= 15 is 0 Å². The number of hydrogen-bond acceptors (Lipinski definition) is 3. The first-order valence-corrected chi connectivity index (χ1v) is 8.31. The molecule has 2 N–H and O–H groups in total. The predicted octanol–water partition coefficient (Wildman–Crippen LogP) is 3.43. The fourth-order valence-corrected chi connectivity index (χ4v) is 3.83. The summed E-state index contributed by atoms with van der Waals surface area (Å²) in [6.45, 7) is 4.54. The van der Waals surface area contributed by atoms with Crippen LogP contribution < -0.4 is 5.32 Å². The van der Waals surface area contributed by atoms with Crippen molar-refractivity contribution in [3.8, 4) is 0 Å². The summed E-state index contributed by atoms with van der Waals surface area (Å²) in [5, 5.41) is 14.1. The summed E-state index contributed by atoms with van der Waals surface area (Å²) in [6.07, 6.45) is 3.35. The topological polar surface area (TPSA) is 50.1 Å². The molecular formula is C17H24ClN3O. The molecular weight excluding hydrogens is 298 g/mol. The Hall–Kier alpha value is -1.10. The van der Waals surface area contributed by atoms with Gasteiger partial charge in [-0.2, -0.15) is 0 Å². The molecule has 1 fully saturated rings. The van der Waals surface area contributed by atoms with Crippen LogP contribution in [0.3, 0.4) is 0 Å². The van der Waals surface area contributed by atoms with Gasteiger partial charge in [-0.1, -0.05) is 24.9 Å². The number of aromatic nitrogens is 2. The lowest BCUT2D eigenvalue weighted by Crippen LogP contribution is -2.43. The summed E-state index contributed by atoms with van der Waals surface area (Å²) >= 11 is 6.06. The van der Waals surface area contributed by atoms with Gasteiger partial charge in [0.25, 0.3) is 0 Å². The summed E-state index contributed by atoms with van der Waals surface area (Å²) in [5.41, 5.74) is 1.99. The Labute approximate surface area is 136 Å². The lowest BCUT2D eigenvalue weighted by atomic mass is 9.85. The van der Waals surface area contributed by atoms with Crippen molar-refractivity contribution >= 4 is 22.6 Å². The molecule has 3 rings (SSSR count). The molecule has 1 aliphatic rings. The van der Waals surface area contributed by atoms with Gasteiger partial charge in [0, 0.05) is 30.1 Å². The van der Waals surface area contributed by atoms with E-state index in [4.69, 9.17) is 16.6 Å². The minimum atomic E-state index is -0.0256. The molecule has 0 saturated heterocycles. The van der Waals surface area contributed by atoms with E-state index in [0.29, 0.717) is 11.1 Å². The summed E-state index contributed by atoms with van der Waals surface area (Å²) in [7, 11) is 2.04. The number of nitrogens with one attached hydrogen (secondary N) is 1. The molecule has 0 radical (unpaired) electrons. The number of hydrogen-bond donors (Lipinski definition) is 2. The van der Waals surface area contributed by atoms with Crippen LogP contribution in [0.5, 0.6) is 0 Å². The van der Waals surface area contributed by atoms with Crippen LogP contribution >= 0.6 is 11.6 Å². The second-order valence-electron chi connectivity index (χ2n) is 6.81. The third-order valence-corrected chi connectivity index (χ3v) is 5.39. The van der Waals surface area contributed by atoms with E-state index in [-0.39, 0.29) is 18.1 Å². The van der Waals surface area contributed by atoms with Gasteiger partial charge in [0.1, 0.15) is 5.82 Å². The number of fused-ring (bicyclic) bond motifs is 1. The van der Waals surface area contributed by atoms with Gasteiger partial charge in [-0.05, 0) is 38.0 Å². The Kier molecular flexibility index (Phi) is 4.19. The van der Waals surface area contributed by atoms with Gasteiger partial charge in [0.05, 0.1) is 17.1 Å². The normalized spacial score (nSPS) is 26.7. The second kappa shape index (κ2) is 5.84. The van der Waals surface area contributed by atoms with Crippen LogP contribution in [-0.2, 0) is 7.05 Å². The van der Waals surface area contributed by atoms with Crippen molar-refractivity contribution in [2.45, 2.75) is 45.2 Å². The minimum Gasteiger partial charge on any atom is -0.396 e. The number of aryl methyl sites for hydroxylation is 1. The Balaban J connectivity index is 1.86. The molecule has 120 valence electrons. The zero-order valence-electron chi connectivity index (χ0n) is 13.4. The fourth-order valence-electron chi connectivity index (χ4n) is 3.66. The van der Waals surface area contributed by atoms with Crippen molar-refractivity contribution in [3.63, 3.8) is 0 Å². The summed E-state index contributed by atoms with van der Waals surface area (Å²) in [4.78, 5) is 4.74. The van der Waals surface area contributed by atoms with Gasteiger partial charge < -0.3 is 15.0 Å². The lowest BCUT2D eigenvalue weighted by molar-refractivity contribution is 0.113. The minimum absolute atomic E-state index is 0.0256. The van der Waals surface area contributed by atoms with Gasteiger partial charge >= 0.3 is 0 Å². The van der Waals surface area contributed by atoms with Crippen LogP contribution in [0.4, 0.5) is 0 Å². The first kappa shape index (κ1) is 15.8. The number of halogens is 1. The molecule has 1 aromatic carbocycles. The van der Waals surface area contributed by atoms with Crippen LogP contribution in [-0.4, -0.2) is 27.3 Å². The third kappa shape index (κ3) is 2.64. The van der Waals surface area contributed by atoms with Crippen molar-refractivity contribution in [1.82, 2.24) is 14.9 Å². The van der Waals surface area contributed by atoms with E-state index in [2.05, 4.69) is 23.7 Å². The summed E-state index contributed by atoms with van der Waals surface area (Å²) in [5.74, 6) is 1.00. The summed E-state index contributed by atoms with van der Waals surface area (Å²) < 4.78 is 2.12.